The third kappa shape index (κ3) is 2.60. The molecular weight excluding hydrogens is 228 g/mol. The molecule has 0 spiro atoms. The van der Waals surface area contributed by atoms with Gasteiger partial charge >= 0.3 is 0 Å². The highest BCUT2D eigenvalue weighted by molar-refractivity contribution is 6.30. The molecule has 0 heterocycles. The summed E-state index contributed by atoms with van der Waals surface area (Å²) in [6.45, 7) is 0.585. The van der Waals surface area contributed by atoms with Crippen LogP contribution in [0.25, 0.3) is 0 Å². The summed E-state index contributed by atoms with van der Waals surface area (Å²) >= 11 is 5.91. The first-order valence-corrected chi connectivity index (χ1v) is 5.72. The molecule has 0 aliphatic heterocycles. The summed E-state index contributed by atoms with van der Waals surface area (Å²) < 4.78 is 10.9. The topological polar surface area (TPSA) is 38.7 Å². The van der Waals surface area contributed by atoms with Crippen LogP contribution in [0.2, 0.25) is 5.02 Å². The molecule has 1 aliphatic rings. The third-order valence-corrected chi connectivity index (χ3v) is 2.87. The van der Waals surface area contributed by atoms with Gasteiger partial charge in [-0.05, 0) is 24.8 Å². The number of aliphatic hydroxyl groups is 1. The maximum atomic E-state index is 9.25. The molecule has 2 rings (SSSR count). The van der Waals surface area contributed by atoms with Crippen LogP contribution in [0.4, 0.5) is 0 Å². The number of benzene rings is 1. The minimum Gasteiger partial charge on any atom is -0.493 e. The van der Waals surface area contributed by atoms with Gasteiger partial charge in [0.2, 0.25) is 0 Å². The zero-order valence-electron chi connectivity index (χ0n) is 9.20. The molecule has 1 saturated carbocycles. The summed E-state index contributed by atoms with van der Waals surface area (Å²) in [6.07, 6.45) is 2.45. The molecule has 1 aromatic rings. The van der Waals surface area contributed by atoms with Crippen LogP contribution in [0.3, 0.4) is 0 Å². The second-order valence-electron chi connectivity index (χ2n) is 4.01. The van der Waals surface area contributed by atoms with E-state index in [1.165, 1.54) is 12.8 Å². The Morgan fingerprint density at radius 2 is 2.19 bits per heavy atom. The Bertz CT molecular complexity index is 350. The van der Waals surface area contributed by atoms with E-state index in [0.717, 1.165) is 0 Å². The van der Waals surface area contributed by atoms with Gasteiger partial charge in [0.25, 0.3) is 0 Å². The predicted molar refractivity (Wildman–Crippen MR) is 62.1 cm³/mol. The second-order valence-corrected chi connectivity index (χ2v) is 4.45. The van der Waals surface area contributed by atoms with Crippen molar-refractivity contribution in [3.63, 3.8) is 0 Å². The van der Waals surface area contributed by atoms with E-state index in [4.69, 9.17) is 21.1 Å². The second kappa shape index (κ2) is 4.93. The van der Waals surface area contributed by atoms with Gasteiger partial charge in [-0.2, -0.15) is 0 Å². The van der Waals surface area contributed by atoms with Gasteiger partial charge < -0.3 is 14.6 Å². The monoisotopic (exact) mass is 242 g/mol. The molecule has 0 unspecified atom stereocenters. The van der Waals surface area contributed by atoms with Gasteiger partial charge in [-0.25, -0.2) is 0 Å². The Kier molecular flexibility index (Phi) is 3.56. The fourth-order valence-electron chi connectivity index (χ4n) is 1.54. The molecule has 1 N–H and O–H groups in total. The number of hydrogen-bond donors (Lipinski definition) is 1. The highest BCUT2D eigenvalue weighted by Gasteiger charge is 2.23. The van der Waals surface area contributed by atoms with Crippen molar-refractivity contribution in [2.75, 3.05) is 13.7 Å². The van der Waals surface area contributed by atoms with Crippen LogP contribution in [0.15, 0.2) is 12.1 Å². The zero-order valence-corrected chi connectivity index (χ0v) is 9.96. The molecule has 0 bridgehead atoms. The molecule has 0 saturated heterocycles. The molecule has 88 valence electrons. The van der Waals surface area contributed by atoms with Crippen molar-refractivity contribution in [2.24, 2.45) is 5.92 Å². The van der Waals surface area contributed by atoms with E-state index < -0.39 is 0 Å². The molecule has 1 aromatic carbocycles. The van der Waals surface area contributed by atoms with Gasteiger partial charge in [0.1, 0.15) is 0 Å². The number of aliphatic hydroxyl groups excluding tert-OH is 1. The van der Waals surface area contributed by atoms with Crippen LogP contribution in [0, 0.1) is 5.92 Å². The van der Waals surface area contributed by atoms with E-state index in [9.17, 15) is 5.11 Å². The highest BCUT2D eigenvalue weighted by Crippen LogP contribution is 2.37. The average Bonchev–Trinajstić information content (AvgIpc) is 3.10. The standard InChI is InChI=1S/C12H15ClO3/c1-15-11-5-10(13)4-9(6-14)12(11)16-7-8-2-3-8/h4-5,8,14H,2-3,6-7H2,1H3. The van der Waals surface area contributed by atoms with E-state index in [1.807, 2.05) is 0 Å². The lowest BCUT2D eigenvalue weighted by Crippen LogP contribution is -2.04. The molecule has 16 heavy (non-hydrogen) atoms. The molecule has 0 radical (unpaired) electrons. The first-order chi connectivity index (χ1) is 7.74. The predicted octanol–water partition coefficient (Wildman–Crippen LogP) is 2.63. The largest absolute Gasteiger partial charge is 0.493 e. The number of hydrogen-bond acceptors (Lipinski definition) is 3. The van der Waals surface area contributed by atoms with Crippen LogP contribution in [-0.2, 0) is 6.61 Å². The van der Waals surface area contributed by atoms with Crippen molar-refractivity contribution in [3.8, 4) is 11.5 Å². The smallest absolute Gasteiger partial charge is 0.166 e. The molecule has 3 nitrogen and oxygen atoms in total. The van der Waals surface area contributed by atoms with Crippen molar-refractivity contribution < 1.29 is 14.6 Å². The molecule has 0 amide bonds. The summed E-state index contributed by atoms with van der Waals surface area (Å²) in [6, 6.07) is 3.40. The Hall–Kier alpha value is -0.930. The maximum Gasteiger partial charge on any atom is 0.166 e. The van der Waals surface area contributed by atoms with Crippen molar-refractivity contribution in [1.82, 2.24) is 0 Å². The molecular formula is C12H15ClO3. The Morgan fingerprint density at radius 1 is 1.44 bits per heavy atom. The maximum absolute atomic E-state index is 9.25. The Morgan fingerprint density at radius 3 is 2.75 bits per heavy atom. The van der Waals surface area contributed by atoms with E-state index in [0.29, 0.717) is 34.6 Å². The summed E-state index contributed by atoms with van der Waals surface area (Å²) in [5.41, 5.74) is 0.671. The van der Waals surface area contributed by atoms with Crippen LogP contribution >= 0.6 is 11.6 Å². The van der Waals surface area contributed by atoms with E-state index in [2.05, 4.69) is 0 Å². The molecule has 4 heteroatoms. The molecule has 1 aliphatic carbocycles. The number of ether oxygens (including phenoxy) is 2. The lowest BCUT2D eigenvalue weighted by molar-refractivity contribution is 0.249. The van der Waals surface area contributed by atoms with Gasteiger partial charge in [-0.1, -0.05) is 11.6 Å². The number of halogens is 1. The third-order valence-electron chi connectivity index (χ3n) is 2.65. The summed E-state index contributed by atoms with van der Waals surface area (Å²) in [5.74, 6) is 1.85. The van der Waals surface area contributed by atoms with Crippen LogP contribution in [-0.4, -0.2) is 18.8 Å². The molecule has 0 atom stereocenters. The Labute approximate surface area is 99.9 Å². The number of rotatable bonds is 5. The lowest BCUT2D eigenvalue weighted by Gasteiger charge is -2.14. The summed E-state index contributed by atoms with van der Waals surface area (Å²) in [5, 5.41) is 9.79. The quantitative estimate of drug-likeness (QED) is 0.863. The minimum absolute atomic E-state index is 0.100. The summed E-state index contributed by atoms with van der Waals surface area (Å²) in [4.78, 5) is 0. The van der Waals surface area contributed by atoms with Crippen molar-refractivity contribution in [1.29, 1.82) is 0 Å². The minimum atomic E-state index is -0.100. The first kappa shape index (κ1) is 11.6. The SMILES string of the molecule is COc1cc(Cl)cc(CO)c1OCC1CC1. The fourth-order valence-corrected chi connectivity index (χ4v) is 1.77. The lowest BCUT2D eigenvalue weighted by atomic mass is 10.2. The van der Waals surface area contributed by atoms with Gasteiger partial charge in [0, 0.05) is 16.7 Å². The van der Waals surface area contributed by atoms with E-state index in [-0.39, 0.29) is 6.61 Å². The Balaban J connectivity index is 2.22. The normalized spacial score (nSPS) is 14.9. The average molecular weight is 243 g/mol. The van der Waals surface area contributed by atoms with Crippen LogP contribution < -0.4 is 9.47 Å². The van der Waals surface area contributed by atoms with Gasteiger partial charge in [-0.3, -0.25) is 0 Å². The fraction of sp³-hybridized carbons (Fsp3) is 0.500. The van der Waals surface area contributed by atoms with Gasteiger partial charge in [0.15, 0.2) is 11.5 Å². The van der Waals surface area contributed by atoms with Crippen LogP contribution in [0.5, 0.6) is 11.5 Å². The van der Waals surface area contributed by atoms with Gasteiger partial charge in [-0.15, -0.1) is 0 Å². The molecule has 1 fully saturated rings. The van der Waals surface area contributed by atoms with E-state index >= 15 is 0 Å². The van der Waals surface area contributed by atoms with Gasteiger partial charge in [0.05, 0.1) is 20.3 Å². The highest BCUT2D eigenvalue weighted by atomic mass is 35.5. The molecule has 0 aromatic heterocycles. The van der Waals surface area contributed by atoms with Crippen molar-refractivity contribution in [2.45, 2.75) is 19.4 Å². The summed E-state index contributed by atoms with van der Waals surface area (Å²) in [7, 11) is 1.57. The van der Waals surface area contributed by atoms with E-state index in [1.54, 1.807) is 19.2 Å². The van der Waals surface area contributed by atoms with Crippen molar-refractivity contribution >= 4 is 11.6 Å². The zero-order chi connectivity index (χ0) is 11.5. The number of methoxy groups -OCH3 is 1. The van der Waals surface area contributed by atoms with Crippen LogP contribution in [0.1, 0.15) is 18.4 Å². The first-order valence-electron chi connectivity index (χ1n) is 5.34. The van der Waals surface area contributed by atoms with Crippen molar-refractivity contribution in [3.05, 3.63) is 22.7 Å².